The van der Waals surface area contributed by atoms with Crippen molar-refractivity contribution in [3.8, 4) is 0 Å². The van der Waals surface area contributed by atoms with Gasteiger partial charge in [0.15, 0.2) is 0 Å². The molecule has 0 atom stereocenters. The summed E-state index contributed by atoms with van der Waals surface area (Å²) in [4.78, 5) is 18.4. The number of hydrogen-bond donors (Lipinski definition) is 2. The topological polar surface area (TPSA) is 57.3 Å². The third kappa shape index (κ3) is 4.21. The van der Waals surface area contributed by atoms with Crippen molar-refractivity contribution in [3.05, 3.63) is 24.0 Å². The van der Waals surface area contributed by atoms with E-state index in [9.17, 15) is 4.79 Å². The first-order valence-corrected chi connectivity index (χ1v) is 7.00. The van der Waals surface area contributed by atoms with Gasteiger partial charge in [-0.2, -0.15) is 0 Å². The minimum absolute atomic E-state index is 0.0951. The molecule has 0 saturated carbocycles. The number of nitrogens with zero attached hydrogens (tertiary/aromatic N) is 2. The first-order valence-electron chi connectivity index (χ1n) is 7.00. The summed E-state index contributed by atoms with van der Waals surface area (Å²) in [5.41, 5.74) is 1.42. The Bertz CT molecular complexity index is 398. The van der Waals surface area contributed by atoms with Gasteiger partial charge < -0.3 is 15.5 Å². The monoisotopic (exact) mass is 262 g/mol. The Kier molecular flexibility index (Phi) is 5.15. The van der Waals surface area contributed by atoms with Crippen molar-refractivity contribution in [1.82, 2.24) is 15.2 Å². The number of carbonyl (C=O) groups excluding carboxylic acids is 1. The number of nitrogens with one attached hydrogen (secondary N) is 2. The van der Waals surface area contributed by atoms with E-state index in [2.05, 4.69) is 20.5 Å². The van der Waals surface area contributed by atoms with Crippen molar-refractivity contribution in [2.45, 2.75) is 19.8 Å². The highest BCUT2D eigenvalue weighted by Gasteiger charge is 2.12. The Morgan fingerprint density at radius 3 is 2.79 bits per heavy atom. The van der Waals surface area contributed by atoms with Crippen molar-refractivity contribution in [3.63, 3.8) is 0 Å². The minimum atomic E-state index is -0.0951. The van der Waals surface area contributed by atoms with Gasteiger partial charge in [-0.3, -0.25) is 4.79 Å². The number of rotatable bonds is 6. The summed E-state index contributed by atoms with van der Waals surface area (Å²) >= 11 is 0. The van der Waals surface area contributed by atoms with Gasteiger partial charge in [0.25, 0.3) is 5.91 Å². The van der Waals surface area contributed by atoms with Gasteiger partial charge in [0, 0.05) is 19.6 Å². The van der Waals surface area contributed by atoms with Crippen LogP contribution in [0.25, 0.3) is 0 Å². The molecule has 0 unspecified atom stereocenters. The summed E-state index contributed by atoms with van der Waals surface area (Å²) in [5, 5.41) is 6.07. The predicted molar refractivity (Wildman–Crippen MR) is 76.4 cm³/mol. The molecule has 5 heteroatoms. The summed E-state index contributed by atoms with van der Waals surface area (Å²) < 4.78 is 0. The molecule has 5 nitrogen and oxygen atoms in total. The number of hydrogen-bond acceptors (Lipinski definition) is 4. The quantitative estimate of drug-likeness (QED) is 0.812. The Morgan fingerprint density at radius 1 is 1.37 bits per heavy atom. The summed E-state index contributed by atoms with van der Waals surface area (Å²) in [6.45, 7) is 6.82. The molecular formula is C14H22N4O. The number of pyridine rings is 1. The van der Waals surface area contributed by atoms with E-state index in [1.54, 1.807) is 12.3 Å². The molecule has 0 aliphatic carbocycles. The Balaban J connectivity index is 1.75. The first kappa shape index (κ1) is 13.8. The van der Waals surface area contributed by atoms with Gasteiger partial charge in [0.1, 0.15) is 5.69 Å². The largest absolute Gasteiger partial charge is 0.384 e. The van der Waals surface area contributed by atoms with Crippen LogP contribution in [0, 0.1) is 0 Å². The molecule has 1 amide bonds. The van der Waals surface area contributed by atoms with Crippen molar-refractivity contribution in [2.24, 2.45) is 0 Å². The lowest BCUT2D eigenvalue weighted by atomic mass is 10.3. The van der Waals surface area contributed by atoms with Crippen LogP contribution in [0.5, 0.6) is 0 Å². The Labute approximate surface area is 114 Å². The molecule has 0 aromatic carbocycles. The SMILES string of the molecule is CCNc1ccc(C(=O)NCCN2CCCC2)nc1. The van der Waals surface area contributed by atoms with Gasteiger partial charge in [-0.25, -0.2) is 4.98 Å². The Hall–Kier alpha value is -1.62. The smallest absolute Gasteiger partial charge is 0.269 e. The molecule has 0 radical (unpaired) electrons. The maximum Gasteiger partial charge on any atom is 0.269 e. The van der Waals surface area contributed by atoms with E-state index in [1.165, 1.54) is 12.8 Å². The maximum atomic E-state index is 11.9. The van der Waals surface area contributed by atoms with Crippen molar-refractivity contribution in [2.75, 3.05) is 38.0 Å². The highest BCUT2D eigenvalue weighted by Crippen LogP contribution is 2.07. The first-order chi connectivity index (χ1) is 9.29. The zero-order chi connectivity index (χ0) is 13.5. The highest BCUT2D eigenvalue weighted by atomic mass is 16.1. The van der Waals surface area contributed by atoms with Crippen LogP contribution in [0.15, 0.2) is 18.3 Å². The fourth-order valence-electron chi connectivity index (χ4n) is 2.26. The minimum Gasteiger partial charge on any atom is -0.384 e. The van der Waals surface area contributed by atoms with E-state index in [1.807, 2.05) is 13.0 Å². The van der Waals surface area contributed by atoms with E-state index in [-0.39, 0.29) is 5.91 Å². The molecular weight excluding hydrogens is 240 g/mol. The summed E-state index contributed by atoms with van der Waals surface area (Å²) in [5.74, 6) is -0.0951. The van der Waals surface area contributed by atoms with E-state index < -0.39 is 0 Å². The van der Waals surface area contributed by atoms with Gasteiger partial charge in [0.2, 0.25) is 0 Å². The van der Waals surface area contributed by atoms with E-state index in [0.29, 0.717) is 12.2 Å². The molecule has 104 valence electrons. The summed E-state index contributed by atoms with van der Waals surface area (Å²) in [6.07, 6.45) is 4.25. The second-order valence-corrected chi connectivity index (χ2v) is 4.77. The molecule has 0 bridgehead atoms. The number of aromatic nitrogens is 1. The highest BCUT2D eigenvalue weighted by molar-refractivity contribution is 5.92. The number of amides is 1. The van der Waals surface area contributed by atoms with Crippen LogP contribution in [-0.4, -0.2) is 48.5 Å². The molecule has 1 aromatic rings. The molecule has 2 N–H and O–H groups in total. The maximum absolute atomic E-state index is 11.9. The van der Waals surface area contributed by atoms with Gasteiger partial charge in [0.05, 0.1) is 11.9 Å². The average Bonchev–Trinajstić information content (AvgIpc) is 2.93. The molecule has 19 heavy (non-hydrogen) atoms. The molecule has 0 spiro atoms. The van der Waals surface area contributed by atoms with E-state index in [4.69, 9.17) is 0 Å². The van der Waals surface area contributed by atoms with Gasteiger partial charge in [-0.1, -0.05) is 0 Å². The summed E-state index contributed by atoms with van der Waals surface area (Å²) in [6, 6.07) is 3.63. The molecule has 1 fully saturated rings. The molecule has 1 aliphatic rings. The second-order valence-electron chi connectivity index (χ2n) is 4.77. The van der Waals surface area contributed by atoms with Crippen LogP contribution in [0.4, 0.5) is 5.69 Å². The lowest BCUT2D eigenvalue weighted by Gasteiger charge is -2.14. The second kappa shape index (κ2) is 7.09. The normalized spacial score (nSPS) is 15.4. The van der Waals surface area contributed by atoms with Gasteiger partial charge in [-0.05, 0) is 45.0 Å². The predicted octanol–water partition coefficient (Wildman–Crippen LogP) is 1.34. The molecule has 1 aliphatic heterocycles. The summed E-state index contributed by atoms with van der Waals surface area (Å²) in [7, 11) is 0. The van der Waals surface area contributed by atoms with Crippen LogP contribution in [0.3, 0.4) is 0 Å². The molecule has 2 rings (SSSR count). The van der Waals surface area contributed by atoms with Crippen molar-refractivity contribution in [1.29, 1.82) is 0 Å². The standard InChI is InChI=1S/C14H22N4O/c1-2-15-12-5-6-13(17-11-12)14(19)16-7-10-18-8-3-4-9-18/h5-6,11,15H,2-4,7-10H2,1H3,(H,16,19). The van der Waals surface area contributed by atoms with E-state index in [0.717, 1.165) is 31.9 Å². The lowest BCUT2D eigenvalue weighted by Crippen LogP contribution is -2.33. The molecule has 1 aromatic heterocycles. The third-order valence-electron chi connectivity index (χ3n) is 3.29. The zero-order valence-electron chi connectivity index (χ0n) is 11.5. The fraction of sp³-hybridized carbons (Fsp3) is 0.571. The third-order valence-corrected chi connectivity index (χ3v) is 3.29. The Morgan fingerprint density at radius 2 is 2.16 bits per heavy atom. The number of anilines is 1. The zero-order valence-corrected chi connectivity index (χ0v) is 11.5. The lowest BCUT2D eigenvalue weighted by molar-refractivity contribution is 0.0945. The fourth-order valence-corrected chi connectivity index (χ4v) is 2.26. The van der Waals surface area contributed by atoms with Gasteiger partial charge >= 0.3 is 0 Å². The van der Waals surface area contributed by atoms with Crippen LogP contribution in [0.2, 0.25) is 0 Å². The van der Waals surface area contributed by atoms with Crippen LogP contribution in [-0.2, 0) is 0 Å². The van der Waals surface area contributed by atoms with Crippen LogP contribution in [0.1, 0.15) is 30.3 Å². The van der Waals surface area contributed by atoms with Crippen molar-refractivity contribution < 1.29 is 4.79 Å². The van der Waals surface area contributed by atoms with Crippen LogP contribution < -0.4 is 10.6 Å². The molecule has 1 saturated heterocycles. The van der Waals surface area contributed by atoms with E-state index >= 15 is 0 Å². The molecule has 2 heterocycles. The average molecular weight is 262 g/mol. The number of likely N-dealkylation sites (tertiary alicyclic amines) is 1. The van der Waals surface area contributed by atoms with Gasteiger partial charge in [-0.15, -0.1) is 0 Å². The van der Waals surface area contributed by atoms with Crippen molar-refractivity contribution >= 4 is 11.6 Å². The number of carbonyl (C=O) groups is 1. The van der Waals surface area contributed by atoms with Crippen LogP contribution >= 0.6 is 0 Å².